The van der Waals surface area contributed by atoms with Crippen LogP contribution in [0.1, 0.15) is 10.4 Å². The van der Waals surface area contributed by atoms with E-state index in [1.54, 1.807) is 24.3 Å². The lowest BCUT2D eigenvalue weighted by Gasteiger charge is -2.31. The highest BCUT2D eigenvalue weighted by Gasteiger charge is 2.26. The minimum absolute atomic E-state index is 0.00675. The number of hydrogen-bond donors (Lipinski definition) is 1. The average Bonchev–Trinajstić information content (AvgIpc) is 2.53. The van der Waals surface area contributed by atoms with Crippen LogP contribution in [0, 0.1) is 0 Å². The van der Waals surface area contributed by atoms with Gasteiger partial charge in [-0.15, -0.1) is 0 Å². The van der Waals surface area contributed by atoms with E-state index in [1.807, 2.05) is 6.07 Å². The van der Waals surface area contributed by atoms with Crippen molar-refractivity contribution in [3.8, 4) is 0 Å². The van der Waals surface area contributed by atoms with Gasteiger partial charge in [-0.2, -0.15) is 0 Å². The van der Waals surface area contributed by atoms with Gasteiger partial charge in [0.1, 0.15) is 11.1 Å². The van der Waals surface area contributed by atoms with Gasteiger partial charge in [0, 0.05) is 18.5 Å². The summed E-state index contributed by atoms with van der Waals surface area (Å²) in [4.78, 5) is 25.9. The second kappa shape index (κ2) is 5.67. The summed E-state index contributed by atoms with van der Waals surface area (Å²) in [6, 6.07) is 8.59. The predicted molar refractivity (Wildman–Crippen MR) is 75.2 cm³/mol. The zero-order chi connectivity index (χ0) is 14.8. The van der Waals surface area contributed by atoms with Gasteiger partial charge >= 0.3 is 5.63 Å². The van der Waals surface area contributed by atoms with Gasteiger partial charge in [0.15, 0.2) is 0 Å². The van der Waals surface area contributed by atoms with Crippen molar-refractivity contribution in [1.29, 1.82) is 0 Å². The molecular weight excluding hydrogens is 274 g/mol. The molecule has 1 amide bonds. The Hall–Kier alpha value is -2.18. The van der Waals surface area contributed by atoms with Crippen molar-refractivity contribution in [2.75, 3.05) is 26.3 Å². The highest BCUT2D eigenvalue weighted by atomic mass is 16.5. The maximum absolute atomic E-state index is 12.5. The monoisotopic (exact) mass is 289 g/mol. The quantitative estimate of drug-likeness (QED) is 0.820. The lowest BCUT2D eigenvalue weighted by Crippen LogP contribution is -2.47. The maximum Gasteiger partial charge on any atom is 0.349 e. The van der Waals surface area contributed by atoms with Gasteiger partial charge in [0.25, 0.3) is 5.91 Å². The van der Waals surface area contributed by atoms with Gasteiger partial charge in [-0.05, 0) is 12.1 Å². The third kappa shape index (κ3) is 2.68. The Morgan fingerprint density at radius 1 is 1.38 bits per heavy atom. The number of fused-ring (bicyclic) bond motifs is 1. The number of ether oxygens (including phenoxy) is 1. The number of carbonyl (C=O) groups excluding carboxylic acids is 1. The summed E-state index contributed by atoms with van der Waals surface area (Å²) in [6.07, 6.45) is -0.407. The summed E-state index contributed by atoms with van der Waals surface area (Å²) >= 11 is 0. The molecule has 0 aliphatic carbocycles. The van der Waals surface area contributed by atoms with E-state index in [4.69, 9.17) is 14.3 Å². The van der Waals surface area contributed by atoms with Gasteiger partial charge in [-0.3, -0.25) is 4.79 Å². The largest absolute Gasteiger partial charge is 0.422 e. The zero-order valence-corrected chi connectivity index (χ0v) is 11.3. The van der Waals surface area contributed by atoms with E-state index in [-0.39, 0.29) is 18.7 Å². The number of nitrogens with zero attached hydrogens (tertiary/aromatic N) is 1. The van der Waals surface area contributed by atoms with Crippen LogP contribution in [0.2, 0.25) is 0 Å². The van der Waals surface area contributed by atoms with E-state index in [0.29, 0.717) is 24.1 Å². The SMILES string of the molecule is O=C(c1cc2ccccc2oc1=O)N1CCOC(CO)C1. The molecule has 0 bridgehead atoms. The molecule has 1 fully saturated rings. The summed E-state index contributed by atoms with van der Waals surface area (Å²) in [7, 11) is 0. The Bertz CT molecular complexity index is 723. The van der Waals surface area contributed by atoms with Crippen LogP contribution in [0.15, 0.2) is 39.5 Å². The molecule has 110 valence electrons. The van der Waals surface area contributed by atoms with Crippen LogP contribution in [0.4, 0.5) is 0 Å². The van der Waals surface area contributed by atoms with Gasteiger partial charge in [0.05, 0.1) is 19.3 Å². The standard InChI is InChI=1S/C15H15NO5/c17-9-11-8-16(5-6-20-11)14(18)12-7-10-3-1-2-4-13(10)21-15(12)19/h1-4,7,11,17H,5-6,8-9H2. The fraction of sp³-hybridized carbons (Fsp3) is 0.333. The highest BCUT2D eigenvalue weighted by Crippen LogP contribution is 2.15. The van der Waals surface area contributed by atoms with E-state index in [0.717, 1.165) is 0 Å². The van der Waals surface area contributed by atoms with Crippen LogP contribution >= 0.6 is 0 Å². The normalized spacial score (nSPS) is 18.9. The number of benzene rings is 1. The molecule has 1 unspecified atom stereocenters. The van der Waals surface area contributed by atoms with Crippen LogP contribution in [-0.4, -0.2) is 48.3 Å². The van der Waals surface area contributed by atoms with E-state index in [9.17, 15) is 9.59 Å². The van der Waals surface area contributed by atoms with E-state index in [1.165, 1.54) is 4.90 Å². The van der Waals surface area contributed by atoms with E-state index >= 15 is 0 Å². The first-order valence-corrected chi connectivity index (χ1v) is 6.73. The number of morpholine rings is 1. The molecule has 0 radical (unpaired) electrons. The molecule has 1 saturated heterocycles. The third-order valence-electron chi connectivity index (χ3n) is 3.50. The average molecular weight is 289 g/mol. The molecule has 0 spiro atoms. The van der Waals surface area contributed by atoms with Crippen molar-refractivity contribution in [3.05, 3.63) is 46.3 Å². The Morgan fingerprint density at radius 2 is 2.19 bits per heavy atom. The maximum atomic E-state index is 12.5. The van der Waals surface area contributed by atoms with Crippen molar-refractivity contribution < 1.29 is 19.1 Å². The van der Waals surface area contributed by atoms with Crippen molar-refractivity contribution >= 4 is 16.9 Å². The lowest BCUT2D eigenvalue weighted by molar-refractivity contribution is -0.0448. The first-order chi connectivity index (χ1) is 10.2. The smallest absolute Gasteiger partial charge is 0.349 e. The summed E-state index contributed by atoms with van der Waals surface area (Å²) in [6.45, 7) is 0.842. The molecule has 1 aromatic carbocycles. The molecule has 0 saturated carbocycles. The molecule has 2 heterocycles. The number of hydrogen-bond acceptors (Lipinski definition) is 5. The number of amides is 1. The van der Waals surface area contributed by atoms with E-state index in [2.05, 4.69) is 0 Å². The first-order valence-electron chi connectivity index (χ1n) is 6.73. The Morgan fingerprint density at radius 3 is 3.00 bits per heavy atom. The van der Waals surface area contributed by atoms with Crippen LogP contribution < -0.4 is 5.63 Å². The number of para-hydroxylation sites is 1. The summed E-state index contributed by atoms with van der Waals surface area (Å²) < 4.78 is 10.5. The molecule has 2 aromatic rings. The first kappa shape index (κ1) is 13.8. The molecule has 6 heteroatoms. The minimum Gasteiger partial charge on any atom is -0.422 e. The molecular formula is C15H15NO5. The van der Waals surface area contributed by atoms with Crippen molar-refractivity contribution in [2.45, 2.75) is 6.10 Å². The van der Waals surface area contributed by atoms with Crippen LogP contribution in [0.3, 0.4) is 0 Å². The number of carbonyl (C=O) groups is 1. The second-order valence-corrected chi connectivity index (χ2v) is 4.91. The third-order valence-corrected chi connectivity index (χ3v) is 3.50. The van der Waals surface area contributed by atoms with Gasteiger partial charge in [-0.1, -0.05) is 18.2 Å². The van der Waals surface area contributed by atoms with Crippen LogP contribution in [0.25, 0.3) is 11.0 Å². The number of rotatable bonds is 2. The molecule has 1 aliphatic rings. The fourth-order valence-corrected chi connectivity index (χ4v) is 2.40. The summed E-state index contributed by atoms with van der Waals surface area (Å²) in [5.41, 5.74) is -0.188. The van der Waals surface area contributed by atoms with Crippen molar-refractivity contribution in [2.24, 2.45) is 0 Å². The van der Waals surface area contributed by atoms with Crippen molar-refractivity contribution in [3.63, 3.8) is 0 Å². The minimum atomic E-state index is -0.647. The predicted octanol–water partition coefficient (Wildman–Crippen LogP) is 0.626. The van der Waals surface area contributed by atoms with Crippen LogP contribution in [-0.2, 0) is 4.74 Å². The number of aliphatic hydroxyl groups is 1. The molecule has 6 nitrogen and oxygen atoms in total. The fourth-order valence-electron chi connectivity index (χ4n) is 2.40. The Labute approximate surface area is 120 Å². The van der Waals surface area contributed by atoms with Gasteiger partial charge in [0.2, 0.25) is 0 Å². The summed E-state index contributed by atoms with van der Waals surface area (Å²) in [5.74, 6) is -0.392. The Balaban J connectivity index is 1.94. The molecule has 21 heavy (non-hydrogen) atoms. The number of aliphatic hydroxyl groups excluding tert-OH is 1. The van der Waals surface area contributed by atoms with E-state index < -0.39 is 17.6 Å². The second-order valence-electron chi connectivity index (χ2n) is 4.91. The Kier molecular flexibility index (Phi) is 3.72. The highest BCUT2D eigenvalue weighted by molar-refractivity contribution is 5.96. The molecule has 1 aliphatic heterocycles. The van der Waals surface area contributed by atoms with Crippen molar-refractivity contribution in [1.82, 2.24) is 4.90 Å². The van der Waals surface area contributed by atoms with Crippen LogP contribution in [0.5, 0.6) is 0 Å². The summed E-state index contributed by atoms with van der Waals surface area (Å²) in [5, 5.41) is 9.82. The zero-order valence-electron chi connectivity index (χ0n) is 11.3. The topological polar surface area (TPSA) is 80.0 Å². The molecule has 1 aromatic heterocycles. The van der Waals surface area contributed by atoms with Gasteiger partial charge in [-0.25, -0.2) is 4.79 Å². The molecule has 1 atom stereocenters. The van der Waals surface area contributed by atoms with Gasteiger partial charge < -0.3 is 19.2 Å². The lowest BCUT2D eigenvalue weighted by atomic mass is 10.1. The molecule has 3 rings (SSSR count). The molecule has 1 N–H and O–H groups in total.